The predicted molar refractivity (Wildman–Crippen MR) is 79.6 cm³/mol. The molecular weight excluding hydrogens is 236 g/mol. The van der Waals surface area contributed by atoms with Crippen molar-refractivity contribution in [2.24, 2.45) is 5.41 Å². The molecule has 106 valence electrons. The quantitative estimate of drug-likeness (QED) is 0.827. The van der Waals surface area contributed by atoms with Gasteiger partial charge in [-0.05, 0) is 34.8 Å². The topological polar surface area (TPSA) is 37.3 Å². The fraction of sp³-hybridized carbons (Fsp3) is 0.588. The third kappa shape index (κ3) is 5.46. The van der Waals surface area contributed by atoms with Gasteiger partial charge in [0.2, 0.25) is 0 Å². The van der Waals surface area contributed by atoms with Gasteiger partial charge in [0.25, 0.3) is 0 Å². The molecule has 0 heterocycles. The van der Waals surface area contributed by atoms with E-state index in [1.165, 1.54) is 5.56 Å². The highest BCUT2D eigenvalue weighted by Crippen LogP contribution is 2.34. The van der Waals surface area contributed by atoms with Crippen molar-refractivity contribution in [3.8, 4) is 0 Å². The van der Waals surface area contributed by atoms with Gasteiger partial charge in [-0.1, -0.05) is 58.9 Å². The molecule has 0 aromatic heterocycles. The fourth-order valence-electron chi connectivity index (χ4n) is 2.41. The van der Waals surface area contributed by atoms with E-state index in [-0.39, 0.29) is 17.8 Å². The monoisotopic (exact) mass is 262 g/mol. The van der Waals surface area contributed by atoms with E-state index >= 15 is 0 Å². The van der Waals surface area contributed by atoms with Gasteiger partial charge >= 0.3 is 5.97 Å². The summed E-state index contributed by atoms with van der Waals surface area (Å²) in [5.41, 5.74) is 2.58. The summed E-state index contributed by atoms with van der Waals surface area (Å²) in [6, 6.07) is 8.43. The summed E-state index contributed by atoms with van der Waals surface area (Å²) < 4.78 is 0. The molecule has 1 aromatic carbocycles. The third-order valence-corrected chi connectivity index (χ3v) is 3.35. The molecule has 0 aliphatic carbocycles. The van der Waals surface area contributed by atoms with Gasteiger partial charge in [0.05, 0.1) is 6.42 Å². The Morgan fingerprint density at radius 1 is 1.11 bits per heavy atom. The smallest absolute Gasteiger partial charge is 0.303 e. The minimum absolute atomic E-state index is 0.0960. The molecule has 0 saturated heterocycles. The molecule has 0 radical (unpaired) electrons. The lowest BCUT2D eigenvalue weighted by Gasteiger charge is -2.25. The number of rotatable bonds is 5. The summed E-state index contributed by atoms with van der Waals surface area (Å²) in [5, 5.41) is 9.08. The summed E-state index contributed by atoms with van der Waals surface area (Å²) in [6.45, 7) is 10.8. The average Bonchev–Trinajstić information content (AvgIpc) is 2.25. The van der Waals surface area contributed by atoms with Gasteiger partial charge in [0.1, 0.15) is 0 Å². The second-order valence-corrected chi connectivity index (χ2v) is 6.88. The molecule has 0 fully saturated rings. The molecule has 19 heavy (non-hydrogen) atoms. The van der Waals surface area contributed by atoms with Crippen LogP contribution in [0.25, 0.3) is 0 Å². The second kappa shape index (κ2) is 6.23. The van der Waals surface area contributed by atoms with Crippen molar-refractivity contribution < 1.29 is 9.90 Å². The predicted octanol–water partition coefficient (Wildman–Crippen LogP) is 4.80. The SMILES string of the molecule is CC(C)c1ccc(C(CC(=O)O)CC(C)(C)C)cc1. The first-order valence-corrected chi connectivity index (χ1v) is 7.00. The van der Waals surface area contributed by atoms with Gasteiger partial charge in [-0.2, -0.15) is 0 Å². The zero-order valence-corrected chi connectivity index (χ0v) is 12.7. The molecule has 1 atom stereocenters. The zero-order valence-electron chi connectivity index (χ0n) is 12.7. The Labute approximate surface area is 116 Å². The van der Waals surface area contributed by atoms with Crippen LogP contribution in [0.2, 0.25) is 0 Å². The van der Waals surface area contributed by atoms with Crippen molar-refractivity contribution in [2.45, 2.75) is 59.3 Å². The van der Waals surface area contributed by atoms with Crippen LogP contribution < -0.4 is 0 Å². The minimum atomic E-state index is -0.720. The summed E-state index contributed by atoms with van der Waals surface area (Å²) >= 11 is 0. The van der Waals surface area contributed by atoms with Crippen molar-refractivity contribution in [1.82, 2.24) is 0 Å². The highest BCUT2D eigenvalue weighted by atomic mass is 16.4. The lowest BCUT2D eigenvalue weighted by Crippen LogP contribution is -2.15. The third-order valence-electron chi connectivity index (χ3n) is 3.35. The maximum atomic E-state index is 11.0. The maximum absolute atomic E-state index is 11.0. The van der Waals surface area contributed by atoms with E-state index in [1.54, 1.807) is 0 Å². The Hall–Kier alpha value is -1.31. The van der Waals surface area contributed by atoms with Gasteiger partial charge < -0.3 is 5.11 Å². The first-order chi connectivity index (χ1) is 8.69. The highest BCUT2D eigenvalue weighted by molar-refractivity contribution is 5.68. The zero-order chi connectivity index (χ0) is 14.6. The van der Waals surface area contributed by atoms with Gasteiger partial charge in [0.15, 0.2) is 0 Å². The molecule has 2 heteroatoms. The number of benzene rings is 1. The molecule has 1 unspecified atom stereocenters. The van der Waals surface area contributed by atoms with Crippen LogP contribution in [-0.4, -0.2) is 11.1 Å². The van der Waals surface area contributed by atoms with Crippen LogP contribution >= 0.6 is 0 Å². The van der Waals surface area contributed by atoms with Gasteiger partial charge in [0, 0.05) is 0 Å². The average molecular weight is 262 g/mol. The van der Waals surface area contributed by atoms with E-state index < -0.39 is 5.97 Å². The van der Waals surface area contributed by atoms with Gasteiger partial charge in [-0.3, -0.25) is 4.79 Å². The Balaban J connectivity index is 2.93. The summed E-state index contributed by atoms with van der Waals surface area (Å²) in [4.78, 5) is 11.0. The molecule has 0 aliphatic heterocycles. The van der Waals surface area contributed by atoms with E-state index in [0.29, 0.717) is 5.92 Å². The Kier molecular flexibility index (Phi) is 5.16. The van der Waals surface area contributed by atoms with Crippen molar-refractivity contribution in [1.29, 1.82) is 0 Å². The van der Waals surface area contributed by atoms with Crippen LogP contribution in [-0.2, 0) is 4.79 Å². The van der Waals surface area contributed by atoms with Gasteiger partial charge in [-0.15, -0.1) is 0 Å². The molecule has 1 N–H and O–H groups in total. The van der Waals surface area contributed by atoms with Crippen molar-refractivity contribution >= 4 is 5.97 Å². The van der Waals surface area contributed by atoms with Crippen molar-refractivity contribution in [3.05, 3.63) is 35.4 Å². The minimum Gasteiger partial charge on any atom is -0.481 e. The maximum Gasteiger partial charge on any atom is 0.303 e. The van der Waals surface area contributed by atoms with E-state index in [4.69, 9.17) is 5.11 Å². The number of carboxylic acid groups (broad SMARTS) is 1. The largest absolute Gasteiger partial charge is 0.481 e. The van der Waals surface area contributed by atoms with E-state index in [9.17, 15) is 4.79 Å². The molecule has 0 aliphatic rings. The van der Waals surface area contributed by atoms with Crippen LogP contribution in [0.4, 0.5) is 0 Å². The first-order valence-electron chi connectivity index (χ1n) is 7.00. The van der Waals surface area contributed by atoms with Crippen LogP contribution in [0, 0.1) is 5.41 Å². The molecule has 0 amide bonds. The fourth-order valence-corrected chi connectivity index (χ4v) is 2.41. The summed E-state index contributed by atoms with van der Waals surface area (Å²) in [6.07, 6.45) is 1.10. The summed E-state index contributed by atoms with van der Waals surface area (Å²) in [5.74, 6) is -0.115. The lowest BCUT2D eigenvalue weighted by molar-refractivity contribution is -0.137. The van der Waals surface area contributed by atoms with E-state index in [1.807, 2.05) is 0 Å². The molecule has 2 nitrogen and oxygen atoms in total. The molecule has 0 bridgehead atoms. The van der Waals surface area contributed by atoms with Gasteiger partial charge in [-0.25, -0.2) is 0 Å². The van der Waals surface area contributed by atoms with Crippen LogP contribution in [0.15, 0.2) is 24.3 Å². The Morgan fingerprint density at radius 2 is 1.58 bits per heavy atom. The first kappa shape index (κ1) is 15.7. The van der Waals surface area contributed by atoms with Crippen molar-refractivity contribution in [2.75, 3.05) is 0 Å². The van der Waals surface area contributed by atoms with Crippen molar-refractivity contribution in [3.63, 3.8) is 0 Å². The van der Waals surface area contributed by atoms with E-state index in [0.717, 1.165) is 12.0 Å². The number of hydrogen-bond acceptors (Lipinski definition) is 1. The number of carbonyl (C=O) groups is 1. The van der Waals surface area contributed by atoms with E-state index in [2.05, 4.69) is 58.9 Å². The van der Waals surface area contributed by atoms with Crippen LogP contribution in [0.3, 0.4) is 0 Å². The summed E-state index contributed by atoms with van der Waals surface area (Å²) in [7, 11) is 0. The number of carboxylic acids is 1. The second-order valence-electron chi connectivity index (χ2n) is 6.88. The number of aliphatic carboxylic acids is 1. The Bertz CT molecular complexity index is 410. The lowest BCUT2D eigenvalue weighted by atomic mass is 9.79. The normalized spacial score (nSPS) is 13.6. The molecule has 1 rings (SSSR count). The number of hydrogen-bond donors (Lipinski definition) is 1. The highest BCUT2D eigenvalue weighted by Gasteiger charge is 2.22. The van der Waals surface area contributed by atoms with Crippen LogP contribution in [0.1, 0.15) is 70.4 Å². The van der Waals surface area contributed by atoms with Crippen LogP contribution in [0.5, 0.6) is 0 Å². The molecular formula is C17H26O2. The molecule has 0 saturated carbocycles. The Morgan fingerprint density at radius 3 is 1.95 bits per heavy atom. The molecule has 1 aromatic rings. The molecule has 0 spiro atoms. The standard InChI is InChI=1S/C17H26O2/c1-12(2)13-6-8-14(9-7-13)15(10-16(18)19)11-17(3,4)5/h6-9,12,15H,10-11H2,1-5H3,(H,18,19).